The van der Waals surface area contributed by atoms with Gasteiger partial charge >= 0.3 is 6.09 Å². The van der Waals surface area contributed by atoms with E-state index in [1.165, 1.54) is 0 Å². The van der Waals surface area contributed by atoms with Crippen LogP contribution in [0.1, 0.15) is 42.2 Å². The number of cyclic esters (lactones) is 1. The number of rotatable bonds is 9. The minimum atomic E-state index is -1.18. The molecule has 0 aromatic heterocycles. The largest absolute Gasteiger partial charge is 0.439 e. The number of ether oxygens (including phenoxy) is 3. The molecule has 190 valence electrons. The number of carbonyl (C=O) groups excluding carboxylic acids is 2. The SMILES string of the molecule is C=C1C(=O)C[C@H](N2C(=O)O[C@@H](c3ccccc3)[C@H]2c2ccccc2)[C@@]1(COCc1ccccc1)OCC. The van der Waals surface area contributed by atoms with E-state index in [4.69, 9.17) is 14.2 Å². The van der Waals surface area contributed by atoms with Crippen LogP contribution >= 0.6 is 0 Å². The quantitative estimate of drug-likeness (QED) is 0.349. The summed E-state index contributed by atoms with van der Waals surface area (Å²) in [6.45, 7) is 6.76. The Labute approximate surface area is 217 Å². The predicted molar refractivity (Wildman–Crippen MR) is 140 cm³/mol. The minimum Gasteiger partial charge on any atom is -0.439 e. The van der Waals surface area contributed by atoms with Crippen molar-refractivity contribution in [1.29, 1.82) is 0 Å². The van der Waals surface area contributed by atoms with Crippen LogP contribution in [-0.4, -0.2) is 41.6 Å². The molecule has 3 aromatic carbocycles. The maximum atomic E-state index is 13.6. The van der Waals surface area contributed by atoms with Gasteiger partial charge in [0.1, 0.15) is 11.6 Å². The Kier molecular flexibility index (Phi) is 7.22. The second-order valence-corrected chi connectivity index (χ2v) is 9.40. The fourth-order valence-electron chi connectivity index (χ4n) is 5.48. The summed E-state index contributed by atoms with van der Waals surface area (Å²) < 4.78 is 18.5. The summed E-state index contributed by atoms with van der Waals surface area (Å²) in [4.78, 5) is 28.4. The van der Waals surface area contributed by atoms with E-state index in [2.05, 4.69) is 6.58 Å². The van der Waals surface area contributed by atoms with Crippen molar-refractivity contribution in [2.45, 2.75) is 43.7 Å². The summed E-state index contributed by atoms with van der Waals surface area (Å²) in [5, 5.41) is 0. The molecule has 1 saturated heterocycles. The fraction of sp³-hybridized carbons (Fsp3) is 0.290. The molecule has 2 fully saturated rings. The molecular weight excluding hydrogens is 466 g/mol. The Balaban J connectivity index is 1.53. The topological polar surface area (TPSA) is 65.1 Å². The molecule has 1 heterocycles. The number of hydrogen-bond donors (Lipinski definition) is 0. The molecule has 3 aromatic rings. The third-order valence-electron chi connectivity index (χ3n) is 7.22. The van der Waals surface area contributed by atoms with E-state index in [1.54, 1.807) is 4.90 Å². The van der Waals surface area contributed by atoms with E-state index in [0.717, 1.165) is 16.7 Å². The second kappa shape index (κ2) is 10.7. The second-order valence-electron chi connectivity index (χ2n) is 9.40. The zero-order chi connectivity index (χ0) is 25.8. The van der Waals surface area contributed by atoms with Gasteiger partial charge in [-0.25, -0.2) is 4.79 Å². The van der Waals surface area contributed by atoms with E-state index >= 15 is 0 Å². The van der Waals surface area contributed by atoms with E-state index in [-0.39, 0.29) is 18.8 Å². The predicted octanol–water partition coefficient (Wildman–Crippen LogP) is 5.81. The van der Waals surface area contributed by atoms with Gasteiger partial charge in [0.05, 0.1) is 19.3 Å². The summed E-state index contributed by atoms with van der Waals surface area (Å²) in [7, 11) is 0. The van der Waals surface area contributed by atoms with Crippen LogP contribution in [0.15, 0.2) is 103 Å². The lowest BCUT2D eigenvalue weighted by atomic mass is 9.89. The number of nitrogens with zero attached hydrogens (tertiary/aromatic N) is 1. The van der Waals surface area contributed by atoms with Crippen LogP contribution in [0.2, 0.25) is 0 Å². The highest BCUT2D eigenvalue weighted by Crippen LogP contribution is 2.50. The van der Waals surface area contributed by atoms with Crippen LogP contribution in [0.4, 0.5) is 4.79 Å². The number of carbonyl (C=O) groups is 2. The molecule has 1 aliphatic carbocycles. The van der Waals surface area contributed by atoms with Gasteiger partial charge in [0, 0.05) is 18.6 Å². The highest BCUT2D eigenvalue weighted by atomic mass is 16.6. The van der Waals surface area contributed by atoms with E-state index in [9.17, 15) is 9.59 Å². The van der Waals surface area contributed by atoms with Gasteiger partial charge in [-0.1, -0.05) is 97.6 Å². The molecule has 6 heteroatoms. The van der Waals surface area contributed by atoms with Crippen molar-refractivity contribution in [2.75, 3.05) is 13.2 Å². The lowest BCUT2D eigenvalue weighted by Gasteiger charge is -2.41. The Morgan fingerprint density at radius 3 is 2.14 bits per heavy atom. The van der Waals surface area contributed by atoms with Crippen molar-refractivity contribution >= 4 is 11.9 Å². The van der Waals surface area contributed by atoms with Gasteiger partial charge in [0.15, 0.2) is 11.9 Å². The lowest BCUT2D eigenvalue weighted by Crippen LogP contribution is -2.55. The van der Waals surface area contributed by atoms with Crippen molar-refractivity contribution in [3.63, 3.8) is 0 Å². The van der Waals surface area contributed by atoms with Gasteiger partial charge in [-0.15, -0.1) is 0 Å². The van der Waals surface area contributed by atoms with Crippen LogP contribution in [-0.2, 0) is 25.6 Å². The van der Waals surface area contributed by atoms with Gasteiger partial charge in [-0.05, 0) is 23.6 Å². The zero-order valence-corrected chi connectivity index (χ0v) is 20.9. The van der Waals surface area contributed by atoms with Gasteiger partial charge in [0.25, 0.3) is 0 Å². The summed E-state index contributed by atoms with van der Waals surface area (Å²) >= 11 is 0. The Hall–Kier alpha value is -3.74. The van der Waals surface area contributed by atoms with Gasteiger partial charge < -0.3 is 14.2 Å². The fourth-order valence-corrected chi connectivity index (χ4v) is 5.48. The third kappa shape index (κ3) is 4.70. The van der Waals surface area contributed by atoms with Crippen molar-refractivity contribution in [3.8, 4) is 0 Å². The summed E-state index contributed by atoms with van der Waals surface area (Å²) in [5.41, 5.74) is 1.96. The summed E-state index contributed by atoms with van der Waals surface area (Å²) in [5.74, 6) is -0.135. The average molecular weight is 498 g/mol. The van der Waals surface area contributed by atoms with Crippen molar-refractivity contribution in [2.24, 2.45) is 0 Å². The highest BCUT2D eigenvalue weighted by molar-refractivity contribution is 6.01. The average Bonchev–Trinajstić information content (AvgIpc) is 3.39. The smallest absolute Gasteiger partial charge is 0.411 e. The molecule has 5 rings (SSSR count). The van der Waals surface area contributed by atoms with Gasteiger partial charge in [-0.2, -0.15) is 0 Å². The maximum Gasteiger partial charge on any atom is 0.411 e. The third-order valence-corrected chi connectivity index (χ3v) is 7.22. The number of Topliss-reactive ketones (excluding diaryl/α,β-unsaturated/α-hetero) is 1. The molecule has 4 atom stereocenters. The van der Waals surface area contributed by atoms with Crippen molar-refractivity contribution in [3.05, 3.63) is 120 Å². The molecule has 1 amide bonds. The molecule has 37 heavy (non-hydrogen) atoms. The molecule has 0 N–H and O–H groups in total. The summed E-state index contributed by atoms with van der Waals surface area (Å²) in [6.07, 6.45) is -0.931. The molecule has 2 aliphatic rings. The molecule has 0 radical (unpaired) electrons. The number of hydrogen-bond acceptors (Lipinski definition) is 5. The highest BCUT2D eigenvalue weighted by Gasteiger charge is 2.60. The van der Waals surface area contributed by atoms with Crippen LogP contribution in [0.5, 0.6) is 0 Å². The van der Waals surface area contributed by atoms with Crippen molar-refractivity contribution in [1.82, 2.24) is 4.90 Å². The molecule has 0 bridgehead atoms. The normalized spacial score (nSPS) is 25.5. The molecule has 0 spiro atoms. The van der Waals surface area contributed by atoms with Crippen molar-refractivity contribution < 1.29 is 23.8 Å². The zero-order valence-electron chi connectivity index (χ0n) is 20.9. The number of amides is 1. The molecule has 6 nitrogen and oxygen atoms in total. The van der Waals surface area contributed by atoms with E-state index in [0.29, 0.717) is 18.8 Å². The Morgan fingerprint density at radius 2 is 1.51 bits per heavy atom. The first-order valence-corrected chi connectivity index (χ1v) is 12.6. The first-order chi connectivity index (χ1) is 18.0. The van der Waals surface area contributed by atoms with E-state index in [1.807, 2.05) is 97.9 Å². The Bertz CT molecular complexity index is 1250. The maximum absolute atomic E-state index is 13.6. The van der Waals surface area contributed by atoms with Crippen LogP contribution in [0.25, 0.3) is 0 Å². The van der Waals surface area contributed by atoms with Crippen LogP contribution in [0, 0.1) is 0 Å². The summed E-state index contributed by atoms with van der Waals surface area (Å²) in [6, 6.07) is 28.2. The molecular formula is C31H31NO5. The molecule has 1 aliphatic heterocycles. The van der Waals surface area contributed by atoms with Gasteiger partial charge in [0.2, 0.25) is 0 Å². The number of benzene rings is 3. The van der Waals surface area contributed by atoms with E-state index < -0.39 is 29.9 Å². The van der Waals surface area contributed by atoms with Gasteiger partial charge in [-0.3, -0.25) is 9.69 Å². The Morgan fingerprint density at radius 1 is 0.919 bits per heavy atom. The van der Waals surface area contributed by atoms with Crippen LogP contribution < -0.4 is 0 Å². The first kappa shape index (κ1) is 24.9. The first-order valence-electron chi connectivity index (χ1n) is 12.6. The van der Waals surface area contributed by atoms with Crippen LogP contribution in [0.3, 0.4) is 0 Å². The molecule has 0 unspecified atom stereocenters. The lowest BCUT2D eigenvalue weighted by molar-refractivity contribution is -0.116. The number of ketones is 1. The monoisotopic (exact) mass is 497 g/mol. The minimum absolute atomic E-state index is 0.0896. The molecule has 1 saturated carbocycles. The standard InChI is InChI=1S/C31H31NO5/c1-3-36-31(21-35-20-23-13-7-4-8-14-23)22(2)26(33)19-27(31)32-28(24-15-9-5-10-16-24)29(37-30(32)34)25-17-11-6-12-18-25/h4-18,27-29H,2-3,19-21H2,1H3/t27-,28+,29-,31-/m0/s1.